The summed E-state index contributed by atoms with van der Waals surface area (Å²) in [6, 6.07) is 8.85. The molecule has 0 aliphatic heterocycles. The molecule has 0 saturated heterocycles. The molecule has 1 aliphatic rings. The lowest BCUT2D eigenvalue weighted by Crippen LogP contribution is -2.36. The van der Waals surface area contributed by atoms with Crippen LogP contribution in [-0.4, -0.2) is 28.8 Å². The average Bonchev–Trinajstić information content (AvgIpc) is 2.56. The van der Waals surface area contributed by atoms with E-state index >= 15 is 0 Å². The van der Waals surface area contributed by atoms with Gasteiger partial charge >= 0.3 is 0 Å². The molecule has 4 heteroatoms. The molecule has 2 aromatic rings. The summed E-state index contributed by atoms with van der Waals surface area (Å²) in [5.41, 5.74) is 1.04. The molecule has 112 valence electrons. The molecule has 1 aromatic carbocycles. The largest absolute Gasteiger partial charge is 0.316 e. The molecule has 3 nitrogen and oxygen atoms in total. The molecule has 1 aromatic heterocycles. The third-order valence-electron chi connectivity index (χ3n) is 4.50. The molecule has 0 spiro atoms. The standard InChI is InChI=1S/C17H23N3S/c1-18-16(13-7-3-2-4-8-13)11-21-17-14-9-5-6-10-15(14)19-12-20-17/h5-6,9-10,12-13,16,18H,2-4,7-8,11H2,1H3. The molecular weight excluding hydrogens is 278 g/mol. The van der Waals surface area contributed by atoms with Gasteiger partial charge in [0.25, 0.3) is 0 Å². The van der Waals surface area contributed by atoms with Crippen molar-refractivity contribution in [2.24, 2.45) is 5.92 Å². The maximum absolute atomic E-state index is 4.48. The van der Waals surface area contributed by atoms with Gasteiger partial charge < -0.3 is 5.32 Å². The zero-order valence-electron chi connectivity index (χ0n) is 12.6. The lowest BCUT2D eigenvalue weighted by atomic mass is 9.84. The second-order valence-corrected chi connectivity index (χ2v) is 6.81. The van der Waals surface area contributed by atoms with Crippen LogP contribution >= 0.6 is 11.8 Å². The highest BCUT2D eigenvalue weighted by Crippen LogP contribution is 2.30. The van der Waals surface area contributed by atoms with E-state index in [4.69, 9.17) is 0 Å². The predicted octanol–water partition coefficient (Wildman–Crippen LogP) is 3.89. The number of fused-ring (bicyclic) bond motifs is 1. The van der Waals surface area contributed by atoms with Gasteiger partial charge in [-0.15, -0.1) is 11.8 Å². The Morgan fingerprint density at radius 2 is 2.00 bits per heavy atom. The van der Waals surface area contributed by atoms with Crippen molar-refractivity contribution in [3.05, 3.63) is 30.6 Å². The number of para-hydroxylation sites is 1. The van der Waals surface area contributed by atoms with Crippen LogP contribution in [0.15, 0.2) is 35.6 Å². The van der Waals surface area contributed by atoms with E-state index in [1.165, 1.54) is 37.5 Å². The fourth-order valence-corrected chi connectivity index (χ4v) is 4.48. The molecule has 1 unspecified atom stereocenters. The zero-order chi connectivity index (χ0) is 14.5. The lowest BCUT2D eigenvalue weighted by Gasteiger charge is -2.29. The quantitative estimate of drug-likeness (QED) is 0.671. The number of rotatable bonds is 5. The topological polar surface area (TPSA) is 37.8 Å². The second-order valence-electron chi connectivity index (χ2n) is 5.80. The molecule has 1 N–H and O–H groups in total. The van der Waals surface area contributed by atoms with Crippen LogP contribution in [0, 0.1) is 5.92 Å². The van der Waals surface area contributed by atoms with E-state index in [2.05, 4.69) is 40.5 Å². The van der Waals surface area contributed by atoms with Gasteiger partial charge in [-0.1, -0.05) is 37.5 Å². The van der Waals surface area contributed by atoms with Gasteiger partial charge in [0.2, 0.25) is 0 Å². The van der Waals surface area contributed by atoms with Crippen molar-refractivity contribution in [1.82, 2.24) is 15.3 Å². The second kappa shape index (κ2) is 7.23. The summed E-state index contributed by atoms with van der Waals surface area (Å²) in [7, 11) is 2.10. The van der Waals surface area contributed by atoms with Crippen LogP contribution in [0.1, 0.15) is 32.1 Å². The molecule has 1 atom stereocenters. The molecule has 0 bridgehead atoms. The first-order chi connectivity index (χ1) is 10.4. The van der Waals surface area contributed by atoms with Crippen LogP contribution in [0.25, 0.3) is 10.9 Å². The van der Waals surface area contributed by atoms with Crippen molar-refractivity contribution in [3.63, 3.8) is 0 Å². The minimum absolute atomic E-state index is 0.587. The summed E-state index contributed by atoms with van der Waals surface area (Å²) < 4.78 is 0. The van der Waals surface area contributed by atoms with Gasteiger partial charge in [0.15, 0.2) is 0 Å². The number of hydrogen-bond donors (Lipinski definition) is 1. The van der Waals surface area contributed by atoms with Crippen molar-refractivity contribution in [3.8, 4) is 0 Å². The molecule has 1 heterocycles. The van der Waals surface area contributed by atoms with Gasteiger partial charge in [0.1, 0.15) is 11.4 Å². The van der Waals surface area contributed by atoms with E-state index in [9.17, 15) is 0 Å². The third-order valence-corrected chi connectivity index (χ3v) is 5.62. The molecule has 21 heavy (non-hydrogen) atoms. The molecule has 1 aliphatic carbocycles. The summed E-state index contributed by atoms with van der Waals surface area (Å²) in [4.78, 5) is 8.82. The summed E-state index contributed by atoms with van der Waals surface area (Å²) in [5.74, 6) is 1.91. The van der Waals surface area contributed by atoms with Gasteiger partial charge in [-0.05, 0) is 31.9 Å². The number of thioether (sulfide) groups is 1. The fourth-order valence-electron chi connectivity index (χ4n) is 3.26. The van der Waals surface area contributed by atoms with Crippen LogP contribution in [-0.2, 0) is 0 Å². The number of aromatic nitrogens is 2. The summed E-state index contributed by atoms with van der Waals surface area (Å²) >= 11 is 1.86. The van der Waals surface area contributed by atoms with Crippen LogP contribution in [0.2, 0.25) is 0 Å². The van der Waals surface area contributed by atoms with Gasteiger partial charge in [-0.25, -0.2) is 9.97 Å². The van der Waals surface area contributed by atoms with Crippen LogP contribution in [0.3, 0.4) is 0 Å². The monoisotopic (exact) mass is 301 g/mol. The van der Waals surface area contributed by atoms with Crippen LogP contribution in [0.5, 0.6) is 0 Å². The Labute approximate surface area is 131 Å². The predicted molar refractivity (Wildman–Crippen MR) is 89.7 cm³/mol. The Hall–Kier alpha value is -1.13. The normalized spacial score (nSPS) is 18.0. The van der Waals surface area contributed by atoms with E-state index in [0.29, 0.717) is 6.04 Å². The number of hydrogen-bond acceptors (Lipinski definition) is 4. The maximum Gasteiger partial charge on any atom is 0.117 e. The first-order valence-electron chi connectivity index (χ1n) is 7.88. The minimum atomic E-state index is 0.587. The summed E-state index contributed by atoms with van der Waals surface area (Å²) in [6.45, 7) is 0. The molecule has 0 amide bonds. The molecular formula is C17H23N3S. The van der Waals surface area contributed by atoms with Gasteiger partial charge in [0, 0.05) is 17.2 Å². The Morgan fingerprint density at radius 1 is 1.19 bits per heavy atom. The highest BCUT2D eigenvalue weighted by molar-refractivity contribution is 7.99. The van der Waals surface area contributed by atoms with Crippen molar-refractivity contribution < 1.29 is 0 Å². The fraction of sp³-hybridized carbons (Fsp3) is 0.529. The maximum atomic E-state index is 4.48. The Bertz CT molecular complexity index is 576. The number of benzene rings is 1. The summed E-state index contributed by atoms with van der Waals surface area (Å²) in [6.07, 6.45) is 8.62. The van der Waals surface area contributed by atoms with Crippen molar-refractivity contribution in [1.29, 1.82) is 0 Å². The van der Waals surface area contributed by atoms with Crippen molar-refractivity contribution in [2.45, 2.75) is 43.2 Å². The van der Waals surface area contributed by atoms with E-state index in [-0.39, 0.29) is 0 Å². The first kappa shape index (κ1) is 14.8. The highest BCUT2D eigenvalue weighted by Gasteiger charge is 2.22. The smallest absolute Gasteiger partial charge is 0.117 e. The zero-order valence-corrected chi connectivity index (χ0v) is 13.4. The average molecular weight is 301 g/mol. The number of nitrogens with one attached hydrogen (secondary N) is 1. The van der Waals surface area contributed by atoms with Crippen LogP contribution < -0.4 is 5.32 Å². The van der Waals surface area contributed by atoms with Crippen molar-refractivity contribution >= 4 is 22.7 Å². The minimum Gasteiger partial charge on any atom is -0.316 e. The Balaban J connectivity index is 1.70. The first-order valence-corrected chi connectivity index (χ1v) is 8.87. The SMILES string of the molecule is CNC(CSc1ncnc2ccccc12)C1CCCCC1. The summed E-state index contributed by atoms with van der Waals surface area (Å²) in [5, 5.41) is 5.80. The highest BCUT2D eigenvalue weighted by atomic mass is 32.2. The Kier molecular flexibility index (Phi) is 5.09. The van der Waals surface area contributed by atoms with E-state index in [0.717, 1.165) is 22.2 Å². The molecule has 3 rings (SSSR count). The molecule has 0 radical (unpaired) electrons. The van der Waals surface area contributed by atoms with Gasteiger partial charge in [0.05, 0.1) is 5.52 Å². The number of nitrogens with zero attached hydrogens (tertiary/aromatic N) is 2. The lowest BCUT2D eigenvalue weighted by molar-refractivity contribution is 0.294. The van der Waals surface area contributed by atoms with Crippen molar-refractivity contribution in [2.75, 3.05) is 12.8 Å². The van der Waals surface area contributed by atoms with E-state index in [1.807, 2.05) is 17.8 Å². The third kappa shape index (κ3) is 3.55. The van der Waals surface area contributed by atoms with Gasteiger partial charge in [-0.2, -0.15) is 0 Å². The molecule has 1 saturated carbocycles. The Morgan fingerprint density at radius 3 is 2.81 bits per heavy atom. The molecule has 1 fully saturated rings. The van der Waals surface area contributed by atoms with E-state index in [1.54, 1.807) is 6.33 Å². The van der Waals surface area contributed by atoms with E-state index < -0.39 is 0 Å². The van der Waals surface area contributed by atoms with Gasteiger partial charge in [-0.3, -0.25) is 0 Å². The van der Waals surface area contributed by atoms with Crippen LogP contribution in [0.4, 0.5) is 0 Å².